The minimum atomic E-state index is 0.720. The van der Waals surface area contributed by atoms with Gasteiger partial charge in [-0.3, -0.25) is 0 Å². The highest BCUT2D eigenvalue weighted by Crippen LogP contribution is 2.11. The van der Waals surface area contributed by atoms with Gasteiger partial charge in [0, 0.05) is 19.8 Å². The Morgan fingerprint density at radius 3 is 2.38 bits per heavy atom. The monoisotopic (exact) mass is 229 g/mol. The summed E-state index contributed by atoms with van der Waals surface area (Å²) in [5.74, 6) is 0.853. The predicted octanol–water partition coefficient (Wildman–Crippen LogP) is 3.61. The fourth-order valence-electron chi connectivity index (χ4n) is 1.90. The summed E-state index contributed by atoms with van der Waals surface area (Å²) in [4.78, 5) is 0. The van der Waals surface area contributed by atoms with Gasteiger partial charge in [-0.05, 0) is 44.6 Å². The van der Waals surface area contributed by atoms with Crippen LogP contribution in [0, 0.1) is 5.92 Å². The van der Waals surface area contributed by atoms with Crippen LogP contribution < -0.4 is 5.32 Å². The number of rotatable bonds is 11. The van der Waals surface area contributed by atoms with E-state index >= 15 is 0 Å². The lowest BCUT2D eigenvalue weighted by atomic mass is 9.98. The summed E-state index contributed by atoms with van der Waals surface area (Å²) in [7, 11) is 1.78. The van der Waals surface area contributed by atoms with E-state index in [9.17, 15) is 0 Å². The lowest BCUT2D eigenvalue weighted by molar-refractivity contribution is 0.192. The van der Waals surface area contributed by atoms with Gasteiger partial charge in [0.1, 0.15) is 0 Å². The summed E-state index contributed by atoms with van der Waals surface area (Å²) in [5, 5.41) is 3.67. The maximum Gasteiger partial charge on any atom is 0.0462 e. The van der Waals surface area contributed by atoms with Crippen molar-refractivity contribution in [3.63, 3.8) is 0 Å². The summed E-state index contributed by atoms with van der Waals surface area (Å²) in [6, 6.07) is 0.720. The number of hydrogen-bond donors (Lipinski definition) is 1. The van der Waals surface area contributed by atoms with Crippen molar-refractivity contribution in [1.29, 1.82) is 0 Å². The van der Waals surface area contributed by atoms with Gasteiger partial charge in [-0.1, -0.05) is 27.2 Å². The SMILES string of the molecule is CCC(C)CC(CC)NCCCCCOC. The van der Waals surface area contributed by atoms with Gasteiger partial charge in [-0.2, -0.15) is 0 Å². The number of hydrogen-bond acceptors (Lipinski definition) is 2. The van der Waals surface area contributed by atoms with Crippen molar-refractivity contribution in [2.75, 3.05) is 20.3 Å². The van der Waals surface area contributed by atoms with Crippen LogP contribution in [0.3, 0.4) is 0 Å². The van der Waals surface area contributed by atoms with Crippen LogP contribution in [0.1, 0.15) is 59.3 Å². The van der Waals surface area contributed by atoms with Gasteiger partial charge in [0.25, 0.3) is 0 Å². The number of ether oxygens (including phenoxy) is 1. The molecular formula is C14H31NO. The molecule has 0 aromatic heterocycles. The average molecular weight is 229 g/mol. The molecule has 0 aliphatic heterocycles. The first kappa shape index (κ1) is 15.9. The second-order valence-corrected chi connectivity index (χ2v) is 4.86. The Balaban J connectivity index is 3.40. The van der Waals surface area contributed by atoms with Crippen LogP contribution >= 0.6 is 0 Å². The Bertz CT molecular complexity index is 139. The van der Waals surface area contributed by atoms with Crippen molar-refractivity contribution in [1.82, 2.24) is 5.32 Å². The van der Waals surface area contributed by atoms with Crippen molar-refractivity contribution < 1.29 is 4.74 Å². The van der Waals surface area contributed by atoms with Crippen LogP contribution in [0.4, 0.5) is 0 Å². The van der Waals surface area contributed by atoms with E-state index in [2.05, 4.69) is 26.1 Å². The number of unbranched alkanes of at least 4 members (excludes halogenated alkanes) is 2. The first-order valence-electron chi connectivity index (χ1n) is 6.96. The van der Waals surface area contributed by atoms with Gasteiger partial charge >= 0.3 is 0 Å². The summed E-state index contributed by atoms with van der Waals surface area (Å²) < 4.78 is 5.04. The second-order valence-electron chi connectivity index (χ2n) is 4.86. The van der Waals surface area contributed by atoms with Crippen LogP contribution in [0.15, 0.2) is 0 Å². The molecule has 0 amide bonds. The maximum atomic E-state index is 5.04. The minimum absolute atomic E-state index is 0.720. The highest BCUT2D eigenvalue weighted by molar-refractivity contribution is 4.67. The molecule has 0 fully saturated rings. The molecule has 0 aromatic carbocycles. The molecule has 0 aliphatic rings. The first-order chi connectivity index (χ1) is 7.74. The smallest absolute Gasteiger partial charge is 0.0462 e. The molecule has 0 bridgehead atoms. The zero-order valence-corrected chi connectivity index (χ0v) is 11.7. The fourth-order valence-corrected chi connectivity index (χ4v) is 1.90. The molecule has 0 aliphatic carbocycles. The van der Waals surface area contributed by atoms with Crippen LogP contribution in [-0.4, -0.2) is 26.3 Å². The molecule has 0 saturated heterocycles. The van der Waals surface area contributed by atoms with Crippen LogP contribution in [0.25, 0.3) is 0 Å². The maximum absolute atomic E-state index is 5.04. The Morgan fingerprint density at radius 1 is 1.06 bits per heavy atom. The zero-order chi connectivity index (χ0) is 12.2. The molecule has 98 valence electrons. The minimum Gasteiger partial charge on any atom is -0.385 e. The van der Waals surface area contributed by atoms with E-state index in [0.717, 1.165) is 18.6 Å². The van der Waals surface area contributed by atoms with E-state index in [4.69, 9.17) is 4.74 Å². The van der Waals surface area contributed by atoms with Crippen molar-refractivity contribution in [3.05, 3.63) is 0 Å². The Labute approximate surface area is 102 Å². The lowest BCUT2D eigenvalue weighted by Gasteiger charge is -2.20. The summed E-state index contributed by atoms with van der Waals surface area (Å²) in [6.07, 6.45) is 7.63. The standard InChI is InChI=1S/C14H31NO/c1-5-13(3)12-14(6-2)15-10-8-7-9-11-16-4/h13-15H,5-12H2,1-4H3. The van der Waals surface area contributed by atoms with Gasteiger partial charge in [0.05, 0.1) is 0 Å². The highest BCUT2D eigenvalue weighted by Gasteiger charge is 2.08. The molecule has 1 N–H and O–H groups in total. The molecule has 2 heteroatoms. The number of nitrogens with one attached hydrogen (secondary N) is 1. The third kappa shape index (κ3) is 9.17. The van der Waals surface area contributed by atoms with Gasteiger partial charge in [-0.25, -0.2) is 0 Å². The Hall–Kier alpha value is -0.0800. The Kier molecular flexibility index (Phi) is 11.3. The summed E-state index contributed by atoms with van der Waals surface area (Å²) >= 11 is 0. The third-order valence-corrected chi connectivity index (χ3v) is 3.33. The second kappa shape index (κ2) is 11.4. The lowest BCUT2D eigenvalue weighted by Crippen LogP contribution is -2.31. The van der Waals surface area contributed by atoms with E-state index in [1.165, 1.54) is 45.1 Å². The third-order valence-electron chi connectivity index (χ3n) is 3.33. The molecule has 0 heterocycles. The highest BCUT2D eigenvalue weighted by atomic mass is 16.5. The van der Waals surface area contributed by atoms with Crippen molar-refractivity contribution in [2.45, 2.75) is 65.3 Å². The van der Waals surface area contributed by atoms with E-state index in [1.807, 2.05) is 0 Å². The quantitative estimate of drug-likeness (QED) is 0.547. The molecule has 0 radical (unpaired) electrons. The Morgan fingerprint density at radius 2 is 1.81 bits per heavy atom. The summed E-state index contributed by atoms with van der Waals surface area (Å²) in [5.41, 5.74) is 0. The molecule has 0 saturated carbocycles. The van der Waals surface area contributed by atoms with Crippen molar-refractivity contribution in [2.24, 2.45) is 5.92 Å². The topological polar surface area (TPSA) is 21.3 Å². The van der Waals surface area contributed by atoms with Gasteiger partial charge in [-0.15, -0.1) is 0 Å². The van der Waals surface area contributed by atoms with Crippen LogP contribution in [0.5, 0.6) is 0 Å². The molecule has 0 rings (SSSR count). The molecular weight excluding hydrogens is 198 g/mol. The van der Waals surface area contributed by atoms with Gasteiger partial charge in [0.2, 0.25) is 0 Å². The largest absolute Gasteiger partial charge is 0.385 e. The van der Waals surface area contributed by atoms with Crippen molar-refractivity contribution in [3.8, 4) is 0 Å². The van der Waals surface area contributed by atoms with Crippen LogP contribution in [-0.2, 0) is 4.74 Å². The normalized spacial score (nSPS) is 15.0. The molecule has 2 atom stereocenters. The molecule has 2 nitrogen and oxygen atoms in total. The molecule has 0 aromatic rings. The zero-order valence-electron chi connectivity index (χ0n) is 11.7. The van der Waals surface area contributed by atoms with Gasteiger partial charge < -0.3 is 10.1 Å². The van der Waals surface area contributed by atoms with E-state index in [1.54, 1.807) is 7.11 Å². The molecule has 2 unspecified atom stereocenters. The van der Waals surface area contributed by atoms with Gasteiger partial charge in [0.15, 0.2) is 0 Å². The number of methoxy groups -OCH3 is 1. The molecule has 16 heavy (non-hydrogen) atoms. The molecule has 0 spiro atoms. The fraction of sp³-hybridized carbons (Fsp3) is 1.00. The van der Waals surface area contributed by atoms with E-state index < -0.39 is 0 Å². The summed E-state index contributed by atoms with van der Waals surface area (Å²) in [6.45, 7) is 8.98. The van der Waals surface area contributed by atoms with Crippen LogP contribution in [0.2, 0.25) is 0 Å². The predicted molar refractivity (Wildman–Crippen MR) is 71.9 cm³/mol. The first-order valence-corrected chi connectivity index (χ1v) is 6.96. The van der Waals surface area contributed by atoms with Crippen molar-refractivity contribution >= 4 is 0 Å². The average Bonchev–Trinajstić information content (AvgIpc) is 2.31. The van der Waals surface area contributed by atoms with E-state index in [-0.39, 0.29) is 0 Å². The van der Waals surface area contributed by atoms with E-state index in [0.29, 0.717) is 0 Å².